The molecule has 1 aliphatic heterocycles. The van der Waals surface area contributed by atoms with Gasteiger partial charge in [0, 0.05) is 19.7 Å². The van der Waals surface area contributed by atoms with Gasteiger partial charge in [0.05, 0.1) is 6.61 Å². The lowest BCUT2D eigenvalue weighted by Gasteiger charge is -2.31. The smallest absolute Gasteiger partial charge is 0.127 e. The zero-order chi connectivity index (χ0) is 19.6. The van der Waals surface area contributed by atoms with E-state index >= 15 is 0 Å². The Kier molecular flexibility index (Phi) is 5.63. The highest BCUT2D eigenvalue weighted by Crippen LogP contribution is 2.45. The summed E-state index contributed by atoms with van der Waals surface area (Å²) in [5, 5.41) is 8.23. The largest absolute Gasteiger partial charge is 0.363 e. The molecule has 27 heavy (non-hydrogen) atoms. The highest BCUT2D eigenvalue weighted by Gasteiger charge is 2.41. The van der Waals surface area contributed by atoms with Crippen molar-refractivity contribution in [2.75, 3.05) is 34.7 Å². The van der Waals surface area contributed by atoms with E-state index in [2.05, 4.69) is 31.1 Å². The maximum atomic E-state index is 13.5. The van der Waals surface area contributed by atoms with Crippen LogP contribution in [0.1, 0.15) is 35.1 Å². The molecule has 1 aliphatic rings. The van der Waals surface area contributed by atoms with E-state index in [1.54, 1.807) is 4.90 Å². The Morgan fingerprint density at radius 3 is 2.44 bits per heavy atom. The Bertz CT molecular complexity index is 817. The summed E-state index contributed by atoms with van der Waals surface area (Å²) in [6, 6.07) is 12.8. The van der Waals surface area contributed by atoms with Crippen LogP contribution in [0, 0.1) is 11.2 Å². The van der Waals surface area contributed by atoms with Gasteiger partial charge in [-0.2, -0.15) is 0 Å². The van der Waals surface area contributed by atoms with Gasteiger partial charge in [0.25, 0.3) is 0 Å². The van der Waals surface area contributed by atoms with E-state index in [-0.39, 0.29) is 5.82 Å². The molecule has 2 aromatic rings. The number of benzene rings is 2. The van der Waals surface area contributed by atoms with Crippen LogP contribution >= 0.6 is 0 Å². The van der Waals surface area contributed by atoms with Crippen molar-refractivity contribution in [2.24, 2.45) is 0 Å². The Morgan fingerprint density at radius 2 is 1.81 bits per heavy atom. The Balaban J connectivity index is 2.00. The molecule has 0 bridgehead atoms. The highest BCUT2D eigenvalue weighted by molar-refractivity contribution is 5.96. The molecule has 0 radical (unpaired) electrons. The van der Waals surface area contributed by atoms with Crippen LogP contribution in [-0.2, 0) is 16.9 Å². The third kappa shape index (κ3) is 3.89. The molecule has 1 N–H and O–H groups in total. The topological polar surface area (TPSA) is 39.6 Å². The van der Waals surface area contributed by atoms with E-state index in [1.807, 2.05) is 32.3 Å². The molecular formula is C22H28FN3O. The molecule has 0 fully saturated rings. The summed E-state index contributed by atoms with van der Waals surface area (Å²) < 4.78 is 19.9. The van der Waals surface area contributed by atoms with Crippen molar-refractivity contribution in [3.63, 3.8) is 0 Å². The van der Waals surface area contributed by atoms with Crippen molar-refractivity contribution in [2.45, 2.75) is 25.0 Å². The molecule has 0 saturated heterocycles. The van der Waals surface area contributed by atoms with E-state index in [4.69, 9.17) is 10.1 Å². The van der Waals surface area contributed by atoms with Gasteiger partial charge < -0.3 is 14.5 Å². The van der Waals surface area contributed by atoms with Gasteiger partial charge in [-0.05, 0) is 68.4 Å². The first-order chi connectivity index (χ1) is 12.8. The van der Waals surface area contributed by atoms with E-state index in [0.717, 1.165) is 41.6 Å². The second-order valence-electron chi connectivity index (χ2n) is 7.64. The third-order valence-electron chi connectivity index (χ3n) is 5.18. The molecule has 1 heterocycles. The summed E-state index contributed by atoms with van der Waals surface area (Å²) in [6.07, 6.45) is 1.80. The summed E-state index contributed by atoms with van der Waals surface area (Å²) in [6.45, 7) is 1.47. The molecule has 5 heteroatoms. The molecule has 3 rings (SSSR count). The van der Waals surface area contributed by atoms with Gasteiger partial charge >= 0.3 is 0 Å². The van der Waals surface area contributed by atoms with Crippen LogP contribution in [0.2, 0.25) is 0 Å². The molecule has 0 aliphatic carbocycles. The van der Waals surface area contributed by atoms with Gasteiger partial charge in [-0.25, -0.2) is 4.39 Å². The first-order valence-electron chi connectivity index (χ1n) is 9.28. The summed E-state index contributed by atoms with van der Waals surface area (Å²) >= 11 is 0. The second kappa shape index (κ2) is 7.79. The zero-order valence-electron chi connectivity index (χ0n) is 16.6. The van der Waals surface area contributed by atoms with E-state index < -0.39 is 5.60 Å². The number of amidine groups is 1. The minimum atomic E-state index is -0.558. The van der Waals surface area contributed by atoms with Crippen LogP contribution in [0.3, 0.4) is 0 Å². The van der Waals surface area contributed by atoms with Crippen molar-refractivity contribution in [1.29, 1.82) is 5.41 Å². The van der Waals surface area contributed by atoms with Gasteiger partial charge in [0.2, 0.25) is 0 Å². The van der Waals surface area contributed by atoms with E-state index in [0.29, 0.717) is 12.4 Å². The number of halogens is 1. The third-order valence-corrected chi connectivity index (χ3v) is 5.18. The minimum absolute atomic E-state index is 0.241. The van der Waals surface area contributed by atoms with Crippen molar-refractivity contribution in [3.8, 4) is 0 Å². The average Bonchev–Trinajstić information content (AvgIpc) is 3.00. The van der Waals surface area contributed by atoms with Crippen LogP contribution in [-0.4, -0.2) is 50.4 Å². The maximum Gasteiger partial charge on any atom is 0.127 e. The molecule has 4 nitrogen and oxygen atoms in total. The number of hydrogen-bond acceptors (Lipinski definition) is 3. The molecule has 0 aromatic heterocycles. The number of rotatable bonds is 6. The molecule has 1 atom stereocenters. The zero-order valence-corrected chi connectivity index (χ0v) is 16.6. The van der Waals surface area contributed by atoms with Crippen molar-refractivity contribution in [1.82, 2.24) is 9.80 Å². The average molecular weight is 369 g/mol. The van der Waals surface area contributed by atoms with Crippen molar-refractivity contribution < 1.29 is 9.13 Å². The Hall–Kier alpha value is -2.24. The number of nitrogens with one attached hydrogen (secondary N) is 1. The molecule has 0 amide bonds. The molecule has 0 saturated carbocycles. The lowest BCUT2D eigenvalue weighted by molar-refractivity contribution is -0.0140. The van der Waals surface area contributed by atoms with E-state index in [1.165, 1.54) is 12.1 Å². The highest BCUT2D eigenvalue weighted by atomic mass is 19.1. The Labute approximate surface area is 161 Å². The number of hydrogen-bond donors (Lipinski definition) is 1. The van der Waals surface area contributed by atoms with Crippen LogP contribution in [0.15, 0.2) is 42.5 Å². The Morgan fingerprint density at radius 1 is 1.11 bits per heavy atom. The van der Waals surface area contributed by atoms with Gasteiger partial charge in [0.1, 0.15) is 17.3 Å². The van der Waals surface area contributed by atoms with Crippen LogP contribution in [0.25, 0.3) is 0 Å². The molecule has 1 unspecified atom stereocenters. The molecular weight excluding hydrogens is 341 g/mol. The maximum absolute atomic E-state index is 13.5. The molecule has 0 spiro atoms. The predicted octanol–water partition coefficient (Wildman–Crippen LogP) is 3.83. The monoisotopic (exact) mass is 369 g/mol. The number of fused-ring (bicyclic) bond motifs is 1. The number of ether oxygens (including phenoxy) is 1. The van der Waals surface area contributed by atoms with E-state index in [9.17, 15) is 4.39 Å². The fourth-order valence-electron chi connectivity index (χ4n) is 3.74. The first-order valence-corrected chi connectivity index (χ1v) is 9.28. The SMILES string of the molecule is CN(C)CCCC1(c2ccc(F)cc2)OCc2cc(C(=N)N(C)C)ccc21. The van der Waals surface area contributed by atoms with Crippen LogP contribution in [0.4, 0.5) is 4.39 Å². The van der Waals surface area contributed by atoms with Crippen LogP contribution < -0.4 is 0 Å². The standard InChI is InChI=1S/C22H28FN3O/c1-25(2)13-5-12-22(18-7-9-19(23)10-8-18)20-11-6-16(21(24)26(3)4)14-17(20)15-27-22/h6-11,14,24H,5,12-13,15H2,1-4H3. The second-order valence-corrected chi connectivity index (χ2v) is 7.64. The van der Waals surface area contributed by atoms with Gasteiger partial charge in [-0.15, -0.1) is 0 Å². The normalized spacial score (nSPS) is 18.6. The predicted molar refractivity (Wildman–Crippen MR) is 107 cm³/mol. The fraction of sp³-hybridized carbons (Fsp3) is 0.409. The summed E-state index contributed by atoms with van der Waals surface area (Å²) in [4.78, 5) is 3.96. The van der Waals surface area contributed by atoms with Gasteiger partial charge in [0.15, 0.2) is 0 Å². The van der Waals surface area contributed by atoms with Gasteiger partial charge in [-0.1, -0.05) is 24.3 Å². The fourth-order valence-corrected chi connectivity index (χ4v) is 3.74. The quantitative estimate of drug-likeness (QED) is 0.621. The minimum Gasteiger partial charge on any atom is -0.363 e. The van der Waals surface area contributed by atoms with Crippen LogP contribution in [0.5, 0.6) is 0 Å². The first kappa shape index (κ1) is 19.5. The van der Waals surface area contributed by atoms with Crippen molar-refractivity contribution in [3.05, 3.63) is 70.5 Å². The number of nitrogens with zero attached hydrogens (tertiary/aromatic N) is 2. The van der Waals surface area contributed by atoms with Gasteiger partial charge in [-0.3, -0.25) is 5.41 Å². The lowest BCUT2D eigenvalue weighted by atomic mass is 9.81. The summed E-state index contributed by atoms with van der Waals surface area (Å²) in [5.41, 5.74) is 3.54. The molecule has 144 valence electrons. The summed E-state index contributed by atoms with van der Waals surface area (Å²) in [7, 11) is 7.87. The van der Waals surface area contributed by atoms with Crippen molar-refractivity contribution >= 4 is 5.84 Å². The molecule has 2 aromatic carbocycles. The summed E-state index contributed by atoms with van der Waals surface area (Å²) in [5.74, 6) is 0.236. The lowest BCUT2D eigenvalue weighted by Crippen LogP contribution is -2.29.